The van der Waals surface area contributed by atoms with E-state index >= 15 is 0 Å². The van der Waals surface area contributed by atoms with E-state index in [9.17, 15) is 8.42 Å². The van der Waals surface area contributed by atoms with E-state index in [1.807, 2.05) is 12.3 Å². The second-order valence-corrected chi connectivity index (χ2v) is 7.50. The molecule has 1 atom stereocenters. The Morgan fingerprint density at radius 1 is 1.33 bits per heavy atom. The molecule has 21 heavy (non-hydrogen) atoms. The molecule has 114 valence electrons. The Kier molecular flexibility index (Phi) is 4.87. The lowest BCUT2D eigenvalue weighted by atomic mass is 10.1. The van der Waals surface area contributed by atoms with Gasteiger partial charge < -0.3 is 11.1 Å². The molecule has 2 aromatic rings. The van der Waals surface area contributed by atoms with Crippen LogP contribution in [0.2, 0.25) is 0 Å². The predicted octanol–water partition coefficient (Wildman–Crippen LogP) is 2.28. The maximum absolute atomic E-state index is 11.8. The summed E-state index contributed by atoms with van der Waals surface area (Å²) in [6, 6.07) is 6.88. The van der Waals surface area contributed by atoms with Gasteiger partial charge in [-0.1, -0.05) is 0 Å². The van der Waals surface area contributed by atoms with Crippen LogP contribution in [0.15, 0.2) is 39.9 Å². The first-order chi connectivity index (χ1) is 9.92. The molecule has 0 radical (unpaired) electrons. The molecule has 0 aliphatic heterocycles. The second kappa shape index (κ2) is 6.46. The highest BCUT2D eigenvalue weighted by atomic mass is 32.2. The minimum absolute atomic E-state index is 0.148. The van der Waals surface area contributed by atoms with Crippen LogP contribution in [0.25, 0.3) is 0 Å². The number of thiophene rings is 1. The molecular weight excluding hydrogens is 306 g/mol. The van der Waals surface area contributed by atoms with E-state index in [-0.39, 0.29) is 10.9 Å². The standard InChI is InChI=1S/C14H19N3O2S2/c1-10(7-11-5-6-20-9-11)17-14-8-12(3-4-13(14)15)21(18,19)16-2/h3-6,8-10,16-17H,7,15H2,1-2H3. The average Bonchev–Trinajstić information content (AvgIpc) is 2.93. The fraction of sp³-hybridized carbons (Fsp3) is 0.286. The van der Waals surface area contributed by atoms with Crippen LogP contribution in [-0.2, 0) is 16.4 Å². The van der Waals surface area contributed by atoms with Crippen LogP contribution in [0.3, 0.4) is 0 Å². The molecule has 1 aromatic heterocycles. The maximum atomic E-state index is 11.8. The van der Waals surface area contributed by atoms with Gasteiger partial charge in [0, 0.05) is 6.04 Å². The van der Waals surface area contributed by atoms with Gasteiger partial charge in [-0.3, -0.25) is 0 Å². The maximum Gasteiger partial charge on any atom is 0.240 e. The van der Waals surface area contributed by atoms with Gasteiger partial charge in [-0.2, -0.15) is 11.3 Å². The van der Waals surface area contributed by atoms with Crippen LogP contribution in [0, 0.1) is 0 Å². The summed E-state index contributed by atoms with van der Waals surface area (Å²) >= 11 is 1.66. The van der Waals surface area contributed by atoms with Crippen molar-refractivity contribution in [1.29, 1.82) is 0 Å². The first-order valence-electron chi connectivity index (χ1n) is 6.53. The molecule has 2 rings (SSSR count). The highest BCUT2D eigenvalue weighted by molar-refractivity contribution is 7.89. The van der Waals surface area contributed by atoms with Crippen molar-refractivity contribution in [2.24, 2.45) is 0 Å². The molecule has 0 saturated heterocycles. The lowest BCUT2D eigenvalue weighted by molar-refractivity contribution is 0.588. The Morgan fingerprint density at radius 2 is 2.10 bits per heavy atom. The highest BCUT2D eigenvalue weighted by Gasteiger charge is 2.14. The summed E-state index contributed by atoms with van der Waals surface area (Å²) in [5, 5.41) is 7.41. The van der Waals surface area contributed by atoms with E-state index in [1.165, 1.54) is 18.7 Å². The van der Waals surface area contributed by atoms with Crippen molar-refractivity contribution in [3.8, 4) is 0 Å². The minimum atomic E-state index is -3.47. The zero-order valence-electron chi connectivity index (χ0n) is 12.0. The van der Waals surface area contributed by atoms with Crippen molar-refractivity contribution < 1.29 is 8.42 Å². The first kappa shape index (κ1) is 15.8. The monoisotopic (exact) mass is 325 g/mol. The van der Waals surface area contributed by atoms with Crippen molar-refractivity contribution in [3.63, 3.8) is 0 Å². The number of benzene rings is 1. The van der Waals surface area contributed by atoms with Crippen LogP contribution in [0.1, 0.15) is 12.5 Å². The summed E-state index contributed by atoms with van der Waals surface area (Å²) in [5.41, 5.74) is 8.33. The van der Waals surface area contributed by atoms with Crippen LogP contribution in [0.5, 0.6) is 0 Å². The Labute approximate surface area is 129 Å². The number of hydrogen-bond donors (Lipinski definition) is 3. The van der Waals surface area contributed by atoms with Gasteiger partial charge >= 0.3 is 0 Å². The van der Waals surface area contributed by atoms with Crippen LogP contribution < -0.4 is 15.8 Å². The quantitative estimate of drug-likeness (QED) is 0.711. The number of rotatable bonds is 6. The topological polar surface area (TPSA) is 84.2 Å². The fourth-order valence-electron chi connectivity index (χ4n) is 2.02. The number of hydrogen-bond acceptors (Lipinski definition) is 5. The third kappa shape index (κ3) is 3.96. The third-order valence-corrected chi connectivity index (χ3v) is 5.27. The number of nitrogens with two attached hydrogens (primary N) is 1. The molecule has 0 bridgehead atoms. The SMILES string of the molecule is CNS(=O)(=O)c1ccc(N)c(NC(C)Cc2ccsc2)c1. The molecule has 1 aromatic carbocycles. The molecule has 0 aliphatic carbocycles. The summed E-state index contributed by atoms with van der Waals surface area (Å²) in [6.07, 6.45) is 0.853. The molecular formula is C14H19N3O2S2. The second-order valence-electron chi connectivity index (χ2n) is 4.84. The Hall–Kier alpha value is -1.57. The highest BCUT2D eigenvalue weighted by Crippen LogP contribution is 2.24. The van der Waals surface area contributed by atoms with Gasteiger partial charge in [0.15, 0.2) is 0 Å². The number of sulfonamides is 1. The Balaban J connectivity index is 2.17. The average molecular weight is 325 g/mol. The van der Waals surface area contributed by atoms with Gasteiger partial charge in [0.2, 0.25) is 10.0 Å². The number of anilines is 2. The lowest BCUT2D eigenvalue weighted by Crippen LogP contribution is -2.21. The van der Waals surface area contributed by atoms with Gasteiger partial charge in [0.05, 0.1) is 16.3 Å². The van der Waals surface area contributed by atoms with Crippen LogP contribution in [0.4, 0.5) is 11.4 Å². The molecule has 0 aliphatic rings. The normalized spacial score (nSPS) is 13.0. The smallest absolute Gasteiger partial charge is 0.240 e. The van der Waals surface area contributed by atoms with Gasteiger partial charge in [-0.05, 0) is 61.0 Å². The molecule has 0 spiro atoms. The van der Waals surface area contributed by atoms with Crippen LogP contribution >= 0.6 is 11.3 Å². The molecule has 1 unspecified atom stereocenters. The summed E-state index contributed by atoms with van der Waals surface area (Å²) < 4.78 is 26.0. The van der Waals surface area contributed by atoms with E-state index in [4.69, 9.17) is 5.73 Å². The van der Waals surface area contributed by atoms with E-state index in [1.54, 1.807) is 23.5 Å². The summed E-state index contributed by atoms with van der Waals surface area (Å²) in [5.74, 6) is 0. The molecule has 1 heterocycles. The molecule has 5 nitrogen and oxygen atoms in total. The number of nitrogen functional groups attached to an aromatic ring is 1. The third-order valence-electron chi connectivity index (χ3n) is 3.13. The van der Waals surface area contributed by atoms with Gasteiger partial charge in [0.1, 0.15) is 0 Å². The molecule has 0 fully saturated rings. The van der Waals surface area contributed by atoms with Crippen molar-refractivity contribution in [2.45, 2.75) is 24.3 Å². The minimum Gasteiger partial charge on any atom is -0.397 e. The zero-order chi connectivity index (χ0) is 15.5. The summed E-state index contributed by atoms with van der Waals surface area (Å²) in [6.45, 7) is 2.04. The predicted molar refractivity (Wildman–Crippen MR) is 88.2 cm³/mol. The van der Waals surface area contributed by atoms with Crippen LogP contribution in [-0.4, -0.2) is 21.5 Å². The van der Waals surface area contributed by atoms with E-state index in [0.717, 1.165) is 6.42 Å². The Morgan fingerprint density at radius 3 is 2.71 bits per heavy atom. The van der Waals surface area contributed by atoms with E-state index in [2.05, 4.69) is 21.5 Å². The lowest BCUT2D eigenvalue weighted by Gasteiger charge is -2.17. The summed E-state index contributed by atoms with van der Waals surface area (Å²) in [4.78, 5) is 0.199. The van der Waals surface area contributed by atoms with Crippen molar-refractivity contribution in [1.82, 2.24) is 4.72 Å². The van der Waals surface area contributed by atoms with E-state index < -0.39 is 10.0 Å². The van der Waals surface area contributed by atoms with Gasteiger partial charge in [-0.25, -0.2) is 13.1 Å². The first-order valence-corrected chi connectivity index (χ1v) is 8.95. The van der Waals surface area contributed by atoms with Gasteiger partial charge in [0.25, 0.3) is 0 Å². The van der Waals surface area contributed by atoms with E-state index in [0.29, 0.717) is 11.4 Å². The molecule has 7 heteroatoms. The van der Waals surface area contributed by atoms with Crippen molar-refractivity contribution in [3.05, 3.63) is 40.6 Å². The van der Waals surface area contributed by atoms with Gasteiger partial charge in [-0.15, -0.1) is 0 Å². The van der Waals surface area contributed by atoms with Crippen molar-refractivity contribution >= 4 is 32.7 Å². The molecule has 4 N–H and O–H groups in total. The van der Waals surface area contributed by atoms with Crippen molar-refractivity contribution in [2.75, 3.05) is 18.1 Å². The fourth-order valence-corrected chi connectivity index (χ4v) is 3.46. The Bertz CT molecular complexity index is 697. The largest absolute Gasteiger partial charge is 0.397 e. The number of nitrogens with one attached hydrogen (secondary N) is 2. The summed E-state index contributed by atoms with van der Waals surface area (Å²) in [7, 11) is -2.08. The molecule has 0 saturated carbocycles. The molecule has 0 amide bonds. The zero-order valence-corrected chi connectivity index (χ0v) is 13.6.